The Bertz CT molecular complexity index is 229. The van der Waals surface area contributed by atoms with E-state index in [1.54, 1.807) is 12.3 Å². The number of rotatable bonds is 3. The van der Waals surface area contributed by atoms with Crippen LogP contribution in [0.2, 0.25) is 0 Å². The number of amides is 1. The first kappa shape index (κ1) is 12.8. The van der Waals surface area contributed by atoms with Crippen molar-refractivity contribution in [2.75, 3.05) is 7.11 Å². The third-order valence-corrected chi connectivity index (χ3v) is 1.72. The summed E-state index contributed by atoms with van der Waals surface area (Å²) in [5, 5.41) is 10.6. The van der Waals surface area contributed by atoms with Crippen molar-refractivity contribution < 1.29 is 9.53 Å². The molecule has 0 atom stereocenters. The second-order valence-corrected chi connectivity index (χ2v) is 3.56. The van der Waals surface area contributed by atoms with Crippen molar-refractivity contribution in [2.45, 2.75) is 19.9 Å². The molecule has 0 aromatic heterocycles. The van der Waals surface area contributed by atoms with Crippen molar-refractivity contribution in [3.05, 3.63) is 12.3 Å². The molecular weight excluding hydrogens is 202 g/mol. The molecule has 0 aliphatic rings. The van der Waals surface area contributed by atoms with Crippen molar-refractivity contribution in [3.63, 3.8) is 0 Å². The van der Waals surface area contributed by atoms with Crippen LogP contribution in [0.5, 0.6) is 0 Å². The highest BCUT2D eigenvalue weighted by Gasteiger charge is 1.99. The first-order valence-corrected chi connectivity index (χ1v) is 4.90. The summed E-state index contributed by atoms with van der Waals surface area (Å²) in [6.45, 7) is 3.99. The van der Waals surface area contributed by atoms with Crippen LogP contribution >= 0.6 is 11.9 Å². The van der Waals surface area contributed by atoms with Crippen LogP contribution < -0.4 is 10.0 Å². The van der Waals surface area contributed by atoms with Crippen LogP contribution in [0.25, 0.3) is 0 Å². The van der Waals surface area contributed by atoms with Gasteiger partial charge in [-0.2, -0.15) is 0 Å². The molecular formula is C8H15N3O2S. The maximum atomic E-state index is 10.6. The predicted molar refractivity (Wildman–Crippen MR) is 58.3 cm³/mol. The third kappa shape index (κ3) is 7.48. The highest BCUT2D eigenvalue weighted by Crippen LogP contribution is 1.97. The van der Waals surface area contributed by atoms with E-state index in [4.69, 9.17) is 5.41 Å². The molecule has 0 radical (unpaired) electrons. The Morgan fingerprint density at radius 2 is 2.21 bits per heavy atom. The minimum absolute atomic E-state index is 0.226. The molecule has 14 heavy (non-hydrogen) atoms. The summed E-state index contributed by atoms with van der Waals surface area (Å²) in [4.78, 5) is 10.6. The standard InChI is InChI=1S/C8H15N3O2S/c1-6(2)10-5-4-7(9)14-11-8(12)13-3/h4-6,9-10H,1-3H3,(H,11,12)/b5-4-,9-7?. The second kappa shape index (κ2) is 7.25. The van der Waals surface area contributed by atoms with Gasteiger partial charge in [0.05, 0.1) is 7.11 Å². The molecule has 0 aliphatic heterocycles. The molecule has 5 nitrogen and oxygen atoms in total. The van der Waals surface area contributed by atoms with E-state index >= 15 is 0 Å². The van der Waals surface area contributed by atoms with E-state index in [-0.39, 0.29) is 5.04 Å². The summed E-state index contributed by atoms with van der Waals surface area (Å²) in [7, 11) is 1.27. The topological polar surface area (TPSA) is 74.2 Å². The number of ether oxygens (including phenoxy) is 1. The molecule has 0 heterocycles. The number of carbonyl (C=O) groups is 1. The fraction of sp³-hybridized carbons (Fsp3) is 0.500. The summed E-state index contributed by atoms with van der Waals surface area (Å²) in [5.74, 6) is 0. The minimum atomic E-state index is -0.565. The lowest BCUT2D eigenvalue weighted by Gasteiger charge is -2.03. The van der Waals surface area contributed by atoms with Gasteiger partial charge in [-0.3, -0.25) is 10.1 Å². The zero-order valence-corrected chi connectivity index (χ0v) is 9.27. The van der Waals surface area contributed by atoms with Gasteiger partial charge in [-0.1, -0.05) is 0 Å². The van der Waals surface area contributed by atoms with Crippen molar-refractivity contribution in [1.82, 2.24) is 10.0 Å². The average molecular weight is 217 g/mol. The largest absolute Gasteiger partial charge is 0.452 e. The molecule has 6 heteroatoms. The van der Waals surface area contributed by atoms with E-state index < -0.39 is 6.09 Å². The Balaban J connectivity index is 3.65. The Morgan fingerprint density at radius 3 is 2.71 bits per heavy atom. The van der Waals surface area contributed by atoms with E-state index in [0.29, 0.717) is 6.04 Å². The average Bonchev–Trinajstić information content (AvgIpc) is 2.13. The predicted octanol–water partition coefficient (Wildman–Crippen LogP) is 1.48. The molecule has 1 amide bonds. The van der Waals surface area contributed by atoms with Gasteiger partial charge in [-0.05, 0) is 26.1 Å². The number of hydrogen-bond acceptors (Lipinski definition) is 5. The minimum Gasteiger partial charge on any atom is -0.452 e. The fourth-order valence-electron chi connectivity index (χ4n) is 0.489. The molecule has 0 bridgehead atoms. The molecule has 0 saturated carbocycles. The summed E-state index contributed by atoms with van der Waals surface area (Å²) in [5.41, 5.74) is 0. The van der Waals surface area contributed by atoms with Gasteiger partial charge in [0, 0.05) is 18.0 Å². The molecule has 0 aromatic rings. The van der Waals surface area contributed by atoms with Crippen molar-refractivity contribution >= 4 is 23.1 Å². The van der Waals surface area contributed by atoms with Crippen LogP contribution in [0.15, 0.2) is 12.3 Å². The van der Waals surface area contributed by atoms with Crippen molar-refractivity contribution in [1.29, 1.82) is 5.41 Å². The maximum Gasteiger partial charge on any atom is 0.417 e. The first-order valence-electron chi connectivity index (χ1n) is 4.08. The van der Waals surface area contributed by atoms with Crippen LogP contribution in [-0.2, 0) is 4.74 Å². The van der Waals surface area contributed by atoms with Gasteiger partial charge in [-0.15, -0.1) is 0 Å². The third-order valence-electron chi connectivity index (χ3n) is 1.09. The summed E-state index contributed by atoms with van der Waals surface area (Å²) in [6.07, 6.45) is 2.66. The fourth-order valence-corrected chi connectivity index (χ4v) is 0.901. The Hall–Kier alpha value is -1.17. The number of carbonyl (C=O) groups excluding carboxylic acids is 1. The molecule has 0 rings (SSSR count). The van der Waals surface area contributed by atoms with Crippen LogP contribution in [0.1, 0.15) is 13.8 Å². The van der Waals surface area contributed by atoms with Gasteiger partial charge in [0.2, 0.25) is 0 Å². The van der Waals surface area contributed by atoms with E-state index in [1.807, 2.05) is 13.8 Å². The number of hydrogen-bond donors (Lipinski definition) is 3. The van der Waals surface area contributed by atoms with E-state index in [2.05, 4.69) is 14.8 Å². The Morgan fingerprint density at radius 1 is 1.57 bits per heavy atom. The van der Waals surface area contributed by atoms with Gasteiger partial charge in [0.25, 0.3) is 0 Å². The first-order chi connectivity index (χ1) is 6.56. The maximum absolute atomic E-state index is 10.6. The van der Waals surface area contributed by atoms with Crippen LogP contribution in [-0.4, -0.2) is 24.3 Å². The molecule has 0 spiro atoms. The lowest BCUT2D eigenvalue weighted by Crippen LogP contribution is -2.18. The van der Waals surface area contributed by atoms with Crippen molar-refractivity contribution in [3.8, 4) is 0 Å². The molecule has 3 N–H and O–H groups in total. The molecule has 0 unspecified atom stereocenters. The van der Waals surface area contributed by atoms with Gasteiger partial charge in [-0.25, -0.2) is 4.79 Å². The zero-order valence-electron chi connectivity index (χ0n) is 8.46. The van der Waals surface area contributed by atoms with Gasteiger partial charge in [0.15, 0.2) is 0 Å². The van der Waals surface area contributed by atoms with Gasteiger partial charge >= 0.3 is 6.09 Å². The molecule has 0 aliphatic carbocycles. The summed E-state index contributed by atoms with van der Waals surface area (Å²) < 4.78 is 6.66. The normalized spacial score (nSPS) is 10.3. The van der Waals surface area contributed by atoms with Crippen LogP contribution in [0, 0.1) is 5.41 Å². The van der Waals surface area contributed by atoms with Gasteiger partial charge in [0.1, 0.15) is 5.04 Å². The van der Waals surface area contributed by atoms with Crippen LogP contribution in [0.4, 0.5) is 4.79 Å². The Labute approximate surface area is 87.9 Å². The zero-order chi connectivity index (χ0) is 11.0. The number of methoxy groups -OCH3 is 1. The highest BCUT2D eigenvalue weighted by molar-refractivity contribution is 8.12. The SMILES string of the molecule is COC(=O)NSC(=N)/C=C\NC(C)C. The second-order valence-electron chi connectivity index (χ2n) is 2.71. The molecule has 0 aromatic carbocycles. The highest BCUT2D eigenvalue weighted by atomic mass is 32.2. The summed E-state index contributed by atoms with van der Waals surface area (Å²) >= 11 is 0.893. The van der Waals surface area contributed by atoms with Crippen molar-refractivity contribution in [2.24, 2.45) is 0 Å². The Kier molecular flexibility index (Phi) is 6.65. The van der Waals surface area contributed by atoms with Crippen LogP contribution in [0.3, 0.4) is 0 Å². The quantitative estimate of drug-likeness (QED) is 0.380. The lowest BCUT2D eigenvalue weighted by atomic mass is 10.4. The molecule has 0 fully saturated rings. The molecule has 80 valence electrons. The monoisotopic (exact) mass is 217 g/mol. The van der Waals surface area contributed by atoms with E-state index in [9.17, 15) is 4.79 Å². The number of nitrogens with one attached hydrogen (secondary N) is 3. The van der Waals surface area contributed by atoms with E-state index in [1.165, 1.54) is 7.11 Å². The molecule has 0 saturated heterocycles. The van der Waals surface area contributed by atoms with Gasteiger partial charge < -0.3 is 10.1 Å². The smallest absolute Gasteiger partial charge is 0.417 e. The lowest BCUT2D eigenvalue weighted by molar-refractivity contribution is 0.178. The van der Waals surface area contributed by atoms with E-state index in [0.717, 1.165) is 11.9 Å². The summed E-state index contributed by atoms with van der Waals surface area (Å²) in [6, 6.07) is 0.331.